The molecule has 3 aromatic rings. The molecule has 0 aliphatic carbocycles. The second-order valence-electron chi connectivity index (χ2n) is 8.79. The van der Waals surface area contributed by atoms with Crippen molar-refractivity contribution in [3.63, 3.8) is 0 Å². The Morgan fingerprint density at radius 3 is 1.47 bits per heavy atom. The third kappa shape index (κ3) is 3.61. The fraction of sp³-hybridized carbons (Fsp3) is 0.214. The van der Waals surface area contributed by atoms with Crippen molar-refractivity contribution in [3.05, 3.63) is 96.1 Å². The second kappa shape index (κ2) is 8.71. The molecule has 2 amide bonds. The molecule has 0 bridgehead atoms. The van der Waals surface area contributed by atoms with E-state index >= 15 is 0 Å². The van der Waals surface area contributed by atoms with Crippen LogP contribution in [0.4, 0.5) is 11.4 Å². The minimum absolute atomic E-state index is 0.129. The van der Waals surface area contributed by atoms with Gasteiger partial charge >= 0.3 is 0 Å². The molecule has 6 nitrogen and oxygen atoms in total. The first-order valence-corrected chi connectivity index (χ1v) is 11.4. The summed E-state index contributed by atoms with van der Waals surface area (Å²) in [5, 5.41) is 12.2. The number of rotatable bonds is 5. The molecule has 0 fully saturated rings. The zero-order valence-corrected chi connectivity index (χ0v) is 19.4. The van der Waals surface area contributed by atoms with E-state index < -0.39 is 17.8 Å². The normalized spacial score (nSPS) is 21.0. The highest BCUT2D eigenvalue weighted by Gasteiger charge is 2.50. The maximum atomic E-state index is 13.8. The molecule has 0 aromatic heterocycles. The van der Waals surface area contributed by atoms with Crippen LogP contribution in [0.25, 0.3) is 0 Å². The standard InChI is InChI=1S/C28H26N4O2/c1-18-12-10-11-17-23(18)26(24-19(2)29-31(27(24)33)21-13-6-4-7-14-21)25-20(3)30-32(28(25)34)22-15-8-5-9-16-22/h4-17,24-26H,1-3H3. The smallest absolute Gasteiger partial charge is 0.256 e. The van der Waals surface area contributed by atoms with Crippen molar-refractivity contribution in [3.8, 4) is 0 Å². The van der Waals surface area contributed by atoms with Crippen LogP contribution < -0.4 is 10.0 Å². The minimum atomic E-state index is -0.573. The van der Waals surface area contributed by atoms with Crippen molar-refractivity contribution in [1.82, 2.24) is 0 Å². The maximum absolute atomic E-state index is 13.8. The third-order valence-electron chi connectivity index (χ3n) is 6.63. The van der Waals surface area contributed by atoms with E-state index in [9.17, 15) is 9.59 Å². The zero-order chi connectivity index (χ0) is 23.8. The SMILES string of the molecule is CC1=NN(c2ccccc2)C(=O)C1C(c1ccccc1C)C1C(=O)N(c2ccccc2)N=C1C. The van der Waals surface area contributed by atoms with Crippen molar-refractivity contribution in [2.45, 2.75) is 26.7 Å². The number of nitrogens with zero attached hydrogens (tertiary/aromatic N) is 4. The van der Waals surface area contributed by atoms with Gasteiger partial charge in [0, 0.05) is 17.3 Å². The van der Waals surface area contributed by atoms with Gasteiger partial charge in [-0.1, -0.05) is 60.7 Å². The van der Waals surface area contributed by atoms with Crippen molar-refractivity contribution in [1.29, 1.82) is 0 Å². The van der Waals surface area contributed by atoms with Gasteiger partial charge in [0.1, 0.15) is 0 Å². The van der Waals surface area contributed by atoms with E-state index in [2.05, 4.69) is 10.2 Å². The van der Waals surface area contributed by atoms with Gasteiger partial charge in [-0.3, -0.25) is 9.59 Å². The molecule has 2 aliphatic rings. The molecule has 2 atom stereocenters. The third-order valence-corrected chi connectivity index (χ3v) is 6.63. The summed E-state index contributed by atoms with van der Waals surface area (Å²) in [5.74, 6) is -1.82. The fourth-order valence-corrected chi connectivity index (χ4v) is 5.01. The van der Waals surface area contributed by atoms with E-state index in [1.54, 1.807) is 0 Å². The highest BCUT2D eigenvalue weighted by molar-refractivity contribution is 6.19. The Morgan fingerprint density at radius 1 is 0.618 bits per heavy atom. The average Bonchev–Trinajstić information content (AvgIpc) is 3.32. The maximum Gasteiger partial charge on any atom is 0.256 e. The number of carbonyl (C=O) groups excluding carboxylic acids is 2. The number of benzene rings is 3. The van der Waals surface area contributed by atoms with Gasteiger partial charge < -0.3 is 0 Å². The Kier molecular flexibility index (Phi) is 5.57. The van der Waals surface area contributed by atoms with Crippen LogP contribution in [0.3, 0.4) is 0 Å². The van der Waals surface area contributed by atoms with Gasteiger partial charge in [0.2, 0.25) is 0 Å². The Bertz CT molecular complexity index is 1220. The molecule has 0 radical (unpaired) electrons. The van der Waals surface area contributed by atoms with Crippen LogP contribution >= 0.6 is 0 Å². The summed E-state index contributed by atoms with van der Waals surface area (Å²) >= 11 is 0. The molecular weight excluding hydrogens is 424 g/mol. The Hall–Kier alpha value is -4.06. The molecule has 6 heteroatoms. The van der Waals surface area contributed by atoms with Crippen molar-refractivity contribution in [2.24, 2.45) is 22.0 Å². The lowest BCUT2D eigenvalue weighted by Gasteiger charge is -2.29. The number of aryl methyl sites for hydroxylation is 1. The first kappa shape index (κ1) is 21.8. The summed E-state index contributed by atoms with van der Waals surface area (Å²) in [6.45, 7) is 5.76. The monoisotopic (exact) mass is 450 g/mol. The number of para-hydroxylation sites is 2. The van der Waals surface area contributed by atoms with Gasteiger partial charge in [0.25, 0.3) is 11.8 Å². The first-order chi connectivity index (χ1) is 16.5. The number of hydrogen-bond donors (Lipinski definition) is 0. The molecule has 3 aromatic carbocycles. The predicted octanol–water partition coefficient (Wildman–Crippen LogP) is 5.16. The van der Waals surface area contributed by atoms with Crippen molar-refractivity contribution in [2.75, 3.05) is 10.0 Å². The van der Waals surface area contributed by atoms with E-state index in [0.717, 1.165) is 11.1 Å². The average molecular weight is 451 g/mol. The lowest BCUT2D eigenvalue weighted by molar-refractivity contribution is -0.122. The van der Waals surface area contributed by atoms with E-state index in [1.165, 1.54) is 10.0 Å². The first-order valence-electron chi connectivity index (χ1n) is 11.4. The Balaban J connectivity index is 1.59. The largest absolute Gasteiger partial charge is 0.272 e. The summed E-state index contributed by atoms with van der Waals surface area (Å²) in [6.07, 6.45) is 0. The van der Waals surface area contributed by atoms with Gasteiger partial charge in [-0.05, 0) is 56.2 Å². The molecule has 0 saturated carbocycles. The topological polar surface area (TPSA) is 65.3 Å². The van der Waals surface area contributed by atoms with Crippen LogP contribution in [0.1, 0.15) is 30.9 Å². The van der Waals surface area contributed by atoms with Crippen LogP contribution in [0.2, 0.25) is 0 Å². The molecule has 0 spiro atoms. The second-order valence-corrected chi connectivity index (χ2v) is 8.79. The summed E-state index contributed by atoms with van der Waals surface area (Å²) in [6, 6.07) is 26.8. The molecule has 2 heterocycles. The fourth-order valence-electron chi connectivity index (χ4n) is 5.01. The molecule has 34 heavy (non-hydrogen) atoms. The number of carbonyl (C=O) groups is 2. The highest BCUT2D eigenvalue weighted by atomic mass is 16.2. The number of hydrazone groups is 2. The molecular formula is C28H26N4O2. The molecule has 170 valence electrons. The van der Waals surface area contributed by atoms with Crippen LogP contribution in [-0.4, -0.2) is 23.2 Å². The Morgan fingerprint density at radius 2 is 1.03 bits per heavy atom. The van der Waals surface area contributed by atoms with Gasteiger partial charge in [-0.2, -0.15) is 10.2 Å². The molecule has 0 saturated heterocycles. The molecule has 0 N–H and O–H groups in total. The number of hydrogen-bond acceptors (Lipinski definition) is 4. The summed E-state index contributed by atoms with van der Waals surface area (Å²) in [5.41, 5.74) is 4.82. The van der Waals surface area contributed by atoms with E-state index in [0.29, 0.717) is 22.8 Å². The zero-order valence-electron chi connectivity index (χ0n) is 19.4. The highest BCUT2D eigenvalue weighted by Crippen LogP contribution is 2.43. The van der Waals surface area contributed by atoms with Crippen molar-refractivity contribution >= 4 is 34.6 Å². The van der Waals surface area contributed by atoms with Crippen molar-refractivity contribution < 1.29 is 9.59 Å². The predicted molar refractivity (Wildman–Crippen MR) is 135 cm³/mol. The van der Waals surface area contributed by atoms with Gasteiger partial charge in [0.05, 0.1) is 23.2 Å². The van der Waals surface area contributed by atoms with Crippen LogP contribution in [0.5, 0.6) is 0 Å². The quantitative estimate of drug-likeness (QED) is 0.539. The lowest BCUT2D eigenvalue weighted by Crippen LogP contribution is -2.40. The lowest BCUT2D eigenvalue weighted by atomic mass is 9.72. The molecule has 2 unspecified atom stereocenters. The number of anilines is 2. The summed E-state index contributed by atoms with van der Waals surface area (Å²) < 4.78 is 0. The van der Waals surface area contributed by atoms with E-state index in [4.69, 9.17) is 0 Å². The van der Waals surface area contributed by atoms with Gasteiger partial charge in [-0.25, -0.2) is 10.0 Å². The molecule has 2 aliphatic heterocycles. The van der Waals surface area contributed by atoms with E-state index in [1.807, 2.05) is 106 Å². The van der Waals surface area contributed by atoms with Crippen LogP contribution in [-0.2, 0) is 9.59 Å². The van der Waals surface area contributed by atoms with Gasteiger partial charge in [0.15, 0.2) is 0 Å². The minimum Gasteiger partial charge on any atom is -0.272 e. The molecule has 5 rings (SSSR count). The van der Waals surface area contributed by atoms with Gasteiger partial charge in [-0.15, -0.1) is 0 Å². The summed E-state index contributed by atoms with van der Waals surface area (Å²) in [7, 11) is 0. The van der Waals surface area contributed by atoms with Crippen LogP contribution in [0.15, 0.2) is 95.1 Å². The Labute approximate surface area is 199 Å². The van der Waals surface area contributed by atoms with Crippen LogP contribution in [0, 0.1) is 18.8 Å². The van der Waals surface area contributed by atoms with E-state index in [-0.39, 0.29) is 11.8 Å². The number of amides is 2. The summed E-state index contributed by atoms with van der Waals surface area (Å²) in [4.78, 5) is 27.6.